The van der Waals surface area contributed by atoms with Crippen LogP contribution in [0.1, 0.15) is 52.1 Å². The molecule has 3 aromatic rings. The molecule has 0 N–H and O–H groups in total. The van der Waals surface area contributed by atoms with Crippen LogP contribution in [0.2, 0.25) is 0 Å². The second-order valence-corrected chi connectivity index (χ2v) is 8.52. The van der Waals surface area contributed by atoms with E-state index in [0.717, 1.165) is 35.6 Å². The second kappa shape index (κ2) is 6.57. The van der Waals surface area contributed by atoms with Gasteiger partial charge in [0.05, 0.1) is 28.8 Å². The van der Waals surface area contributed by atoms with Crippen molar-refractivity contribution in [1.82, 2.24) is 19.7 Å². The van der Waals surface area contributed by atoms with Crippen LogP contribution in [0.4, 0.5) is 0 Å². The highest BCUT2D eigenvalue weighted by atomic mass is 16.5. The molecule has 1 saturated heterocycles. The van der Waals surface area contributed by atoms with Gasteiger partial charge in [-0.15, -0.1) is 0 Å². The molecule has 1 aromatic carbocycles. The molecule has 140 valence electrons. The summed E-state index contributed by atoms with van der Waals surface area (Å²) < 4.78 is 8.17. The first-order chi connectivity index (χ1) is 12.8. The minimum atomic E-state index is -0.171. The first kappa shape index (κ1) is 17.9. The minimum Gasteiger partial charge on any atom is -0.370 e. The molecule has 4 rings (SSSR count). The molecule has 0 saturated carbocycles. The third kappa shape index (κ3) is 3.78. The van der Waals surface area contributed by atoms with Crippen molar-refractivity contribution in [2.75, 3.05) is 0 Å². The van der Waals surface area contributed by atoms with Crippen LogP contribution in [0.15, 0.2) is 55.0 Å². The Morgan fingerprint density at radius 2 is 1.70 bits per heavy atom. The van der Waals surface area contributed by atoms with Crippen molar-refractivity contribution in [2.45, 2.75) is 57.7 Å². The highest BCUT2D eigenvalue weighted by Crippen LogP contribution is 2.43. The summed E-state index contributed by atoms with van der Waals surface area (Å²) in [6.45, 7) is 8.66. The number of rotatable bonds is 3. The van der Waals surface area contributed by atoms with Gasteiger partial charge in [0.25, 0.3) is 0 Å². The Labute approximate surface area is 160 Å². The zero-order valence-electron chi connectivity index (χ0n) is 16.4. The zero-order chi connectivity index (χ0) is 19.1. The maximum absolute atomic E-state index is 6.26. The van der Waals surface area contributed by atoms with E-state index in [0.29, 0.717) is 5.92 Å². The number of hydrogen-bond acceptors (Lipinski definition) is 4. The van der Waals surface area contributed by atoms with Gasteiger partial charge < -0.3 is 4.74 Å². The van der Waals surface area contributed by atoms with Gasteiger partial charge in [0.15, 0.2) is 5.82 Å². The molecule has 0 radical (unpaired) electrons. The Balaban J connectivity index is 1.80. The van der Waals surface area contributed by atoms with E-state index in [9.17, 15) is 0 Å². The fraction of sp³-hybridized carbons (Fsp3) is 0.409. The molecule has 0 aliphatic carbocycles. The Hall–Kier alpha value is -2.53. The number of benzene rings is 1. The topological polar surface area (TPSA) is 52.8 Å². The number of aromatic nitrogens is 4. The largest absolute Gasteiger partial charge is 0.370 e. The smallest absolute Gasteiger partial charge is 0.172 e. The summed E-state index contributed by atoms with van der Waals surface area (Å²) in [5.74, 6) is 1.07. The summed E-state index contributed by atoms with van der Waals surface area (Å²) in [6, 6.07) is 12.5. The van der Waals surface area contributed by atoms with Gasteiger partial charge in [-0.1, -0.05) is 30.3 Å². The van der Waals surface area contributed by atoms with E-state index in [1.807, 2.05) is 22.9 Å². The second-order valence-electron chi connectivity index (χ2n) is 8.52. The first-order valence-electron chi connectivity index (χ1n) is 9.45. The normalized spacial score (nSPS) is 19.1. The third-order valence-electron chi connectivity index (χ3n) is 5.01. The first-order valence-corrected chi connectivity index (χ1v) is 9.45. The number of hydrogen-bond donors (Lipinski definition) is 0. The average molecular weight is 362 g/mol. The molecule has 5 nitrogen and oxygen atoms in total. The minimum absolute atomic E-state index is 0.171. The molecule has 0 atom stereocenters. The lowest BCUT2D eigenvalue weighted by atomic mass is 9.79. The van der Waals surface area contributed by atoms with Crippen LogP contribution >= 0.6 is 0 Å². The Bertz CT molecular complexity index is 843. The molecule has 1 aliphatic rings. The molecule has 1 fully saturated rings. The van der Waals surface area contributed by atoms with Gasteiger partial charge in [-0.05, 0) is 46.6 Å². The van der Waals surface area contributed by atoms with Crippen molar-refractivity contribution in [1.29, 1.82) is 0 Å². The van der Waals surface area contributed by atoms with Gasteiger partial charge in [-0.25, -0.2) is 9.67 Å². The molecule has 0 unspecified atom stereocenters. The van der Waals surface area contributed by atoms with Crippen molar-refractivity contribution in [3.8, 4) is 17.1 Å². The van der Waals surface area contributed by atoms with Gasteiger partial charge in [0.1, 0.15) is 0 Å². The van der Waals surface area contributed by atoms with Crippen molar-refractivity contribution < 1.29 is 4.74 Å². The van der Waals surface area contributed by atoms with Crippen LogP contribution in [0.3, 0.4) is 0 Å². The van der Waals surface area contributed by atoms with E-state index in [2.05, 4.69) is 55.9 Å². The zero-order valence-corrected chi connectivity index (χ0v) is 16.4. The molecular weight excluding hydrogens is 336 g/mol. The summed E-state index contributed by atoms with van der Waals surface area (Å²) in [4.78, 5) is 8.68. The summed E-state index contributed by atoms with van der Waals surface area (Å²) in [5, 5.41) is 4.97. The maximum Gasteiger partial charge on any atom is 0.172 e. The van der Waals surface area contributed by atoms with Gasteiger partial charge in [-0.2, -0.15) is 5.10 Å². The lowest BCUT2D eigenvalue weighted by Gasteiger charge is -2.45. The number of nitrogens with zero attached hydrogens (tertiary/aromatic N) is 4. The highest BCUT2D eigenvalue weighted by Gasteiger charge is 2.40. The Morgan fingerprint density at radius 3 is 2.33 bits per heavy atom. The van der Waals surface area contributed by atoms with E-state index in [4.69, 9.17) is 9.84 Å². The molecular formula is C22H26N4O. The van der Waals surface area contributed by atoms with Gasteiger partial charge in [0.2, 0.25) is 0 Å². The van der Waals surface area contributed by atoms with Crippen molar-refractivity contribution in [3.63, 3.8) is 0 Å². The molecule has 27 heavy (non-hydrogen) atoms. The highest BCUT2D eigenvalue weighted by molar-refractivity contribution is 5.62. The predicted molar refractivity (Wildman–Crippen MR) is 106 cm³/mol. The predicted octanol–water partition coefficient (Wildman–Crippen LogP) is 4.78. The van der Waals surface area contributed by atoms with E-state index in [1.165, 1.54) is 0 Å². The third-order valence-corrected chi connectivity index (χ3v) is 5.01. The lowest BCUT2D eigenvalue weighted by molar-refractivity contribution is -0.162. The van der Waals surface area contributed by atoms with Crippen molar-refractivity contribution in [2.24, 2.45) is 0 Å². The standard InChI is InChI=1S/C22H26N4O/c1-21(2)13-17(14-22(3,4)27-21)18-12-19(16-8-6-5-7-9-16)26(25-18)20-15-23-10-11-24-20/h5-12,15,17H,13-14H2,1-4H3. The monoisotopic (exact) mass is 362 g/mol. The van der Waals surface area contributed by atoms with Crippen LogP contribution in [-0.4, -0.2) is 31.0 Å². The molecule has 2 aromatic heterocycles. The molecule has 0 spiro atoms. The fourth-order valence-electron chi connectivity index (χ4n) is 4.29. The fourth-order valence-corrected chi connectivity index (χ4v) is 4.29. The molecule has 0 amide bonds. The van der Waals surface area contributed by atoms with Crippen molar-refractivity contribution in [3.05, 3.63) is 60.7 Å². The van der Waals surface area contributed by atoms with Gasteiger partial charge >= 0.3 is 0 Å². The maximum atomic E-state index is 6.26. The van der Waals surface area contributed by atoms with Crippen LogP contribution in [0.5, 0.6) is 0 Å². The van der Waals surface area contributed by atoms with Crippen LogP contribution in [0, 0.1) is 0 Å². The summed E-state index contributed by atoms with van der Waals surface area (Å²) in [7, 11) is 0. The van der Waals surface area contributed by atoms with E-state index < -0.39 is 0 Å². The number of ether oxygens (including phenoxy) is 1. The molecule has 0 bridgehead atoms. The quantitative estimate of drug-likeness (QED) is 0.673. The molecule has 5 heteroatoms. The van der Waals surface area contributed by atoms with Crippen LogP contribution in [-0.2, 0) is 4.74 Å². The van der Waals surface area contributed by atoms with Crippen LogP contribution in [0.25, 0.3) is 17.1 Å². The molecule has 1 aliphatic heterocycles. The van der Waals surface area contributed by atoms with Gasteiger partial charge in [0, 0.05) is 23.9 Å². The SMILES string of the molecule is CC1(C)CC(c2cc(-c3ccccc3)n(-c3cnccn3)n2)CC(C)(C)O1. The Morgan fingerprint density at radius 1 is 1.00 bits per heavy atom. The lowest BCUT2D eigenvalue weighted by Crippen LogP contribution is -2.44. The summed E-state index contributed by atoms with van der Waals surface area (Å²) >= 11 is 0. The van der Waals surface area contributed by atoms with Crippen molar-refractivity contribution >= 4 is 0 Å². The Kier molecular flexibility index (Phi) is 4.35. The van der Waals surface area contributed by atoms with E-state index in [-0.39, 0.29) is 11.2 Å². The summed E-state index contributed by atoms with van der Waals surface area (Å²) in [5.41, 5.74) is 2.90. The van der Waals surface area contributed by atoms with E-state index in [1.54, 1.807) is 18.6 Å². The van der Waals surface area contributed by atoms with E-state index >= 15 is 0 Å². The summed E-state index contributed by atoms with van der Waals surface area (Å²) in [6.07, 6.45) is 7.02. The molecule has 3 heterocycles. The average Bonchev–Trinajstić information content (AvgIpc) is 3.06. The van der Waals surface area contributed by atoms with Crippen LogP contribution < -0.4 is 0 Å². The van der Waals surface area contributed by atoms with Gasteiger partial charge in [-0.3, -0.25) is 4.98 Å².